The van der Waals surface area contributed by atoms with E-state index in [1.165, 1.54) is 0 Å². The van der Waals surface area contributed by atoms with Crippen molar-refractivity contribution in [1.29, 1.82) is 0 Å². The van der Waals surface area contributed by atoms with Crippen LogP contribution in [0.4, 0.5) is 10.6 Å². The molecule has 1 saturated heterocycles. The van der Waals surface area contributed by atoms with Gasteiger partial charge in [0.15, 0.2) is 5.82 Å². The van der Waals surface area contributed by atoms with Crippen LogP contribution in [0.25, 0.3) is 0 Å². The summed E-state index contributed by atoms with van der Waals surface area (Å²) in [6.07, 6.45) is 0.698. The number of aromatic nitrogens is 2. The molecular weight excluding hydrogens is 346 g/mol. The Morgan fingerprint density at radius 3 is 2.63 bits per heavy atom. The van der Waals surface area contributed by atoms with Gasteiger partial charge in [0, 0.05) is 39.7 Å². The van der Waals surface area contributed by atoms with Gasteiger partial charge in [0.2, 0.25) is 5.88 Å². The predicted molar refractivity (Wildman–Crippen MR) is 102 cm³/mol. The molecular formula is C19H25N5O3. The highest BCUT2D eigenvalue weighted by Gasteiger charge is 2.27. The van der Waals surface area contributed by atoms with E-state index in [2.05, 4.69) is 15.5 Å². The highest BCUT2D eigenvalue weighted by atomic mass is 16.5. The zero-order valence-electron chi connectivity index (χ0n) is 15.9. The molecule has 1 fully saturated rings. The van der Waals surface area contributed by atoms with Crippen molar-refractivity contribution in [3.8, 4) is 11.6 Å². The summed E-state index contributed by atoms with van der Waals surface area (Å²) in [4.78, 5) is 16.0. The number of carbonyl (C=O) groups excluding carboxylic acids is 1. The monoisotopic (exact) mass is 371 g/mol. The standard InChI is InChI=1S/C19H25N5O3/c1-23(2)17-8-9-18(22-21-17)27-16-10-11-24(13-16)19(25)20-12-14-4-6-15(26-3)7-5-14/h4-9,16H,10-13H2,1-3H3,(H,20,25). The largest absolute Gasteiger partial charge is 0.497 e. The number of amides is 2. The van der Waals surface area contributed by atoms with E-state index in [4.69, 9.17) is 9.47 Å². The number of carbonyl (C=O) groups is 1. The second-order valence-electron chi connectivity index (χ2n) is 6.61. The molecule has 0 bridgehead atoms. The fourth-order valence-electron chi connectivity index (χ4n) is 2.83. The average Bonchev–Trinajstić information content (AvgIpc) is 3.15. The third-order valence-electron chi connectivity index (χ3n) is 4.41. The second kappa shape index (κ2) is 8.57. The molecule has 1 aliphatic heterocycles. The first-order valence-corrected chi connectivity index (χ1v) is 8.88. The Kier molecular flexibility index (Phi) is 5.95. The minimum atomic E-state index is -0.0917. The van der Waals surface area contributed by atoms with Crippen LogP contribution >= 0.6 is 0 Å². The Balaban J connectivity index is 1.45. The van der Waals surface area contributed by atoms with E-state index in [0.29, 0.717) is 25.5 Å². The molecule has 0 saturated carbocycles. The Hall–Kier alpha value is -3.03. The lowest BCUT2D eigenvalue weighted by atomic mass is 10.2. The molecule has 1 N–H and O–H groups in total. The topological polar surface area (TPSA) is 79.8 Å². The second-order valence-corrected chi connectivity index (χ2v) is 6.61. The van der Waals surface area contributed by atoms with E-state index in [1.54, 1.807) is 18.1 Å². The average molecular weight is 371 g/mol. The van der Waals surface area contributed by atoms with Gasteiger partial charge < -0.3 is 24.6 Å². The lowest BCUT2D eigenvalue weighted by Crippen LogP contribution is -2.39. The van der Waals surface area contributed by atoms with Gasteiger partial charge >= 0.3 is 6.03 Å². The molecule has 27 heavy (non-hydrogen) atoms. The first-order valence-electron chi connectivity index (χ1n) is 8.88. The smallest absolute Gasteiger partial charge is 0.317 e. The number of hydrogen-bond donors (Lipinski definition) is 1. The molecule has 8 nitrogen and oxygen atoms in total. The van der Waals surface area contributed by atoms with Crippen LogP contribution in [0, 0.1) is 0 Å². The summed E-state index contributed by atoms with van der Waals surface area (Å²) in [5.41, 5.74) is 1.02. The van der Waals surface area contributed by atoms with Gasteiger partial charge in [-0.25, -0.2) is 4.79 Å². The molecule has 1 aromatic heterocycles. The number of nitrogens with zero attached hydrogens (tertiary/aromatic N) is 4. The summed E-state index contributed by atoms with van der Waals surface area (Å²) < 4.78 is 11.0. The van der Waals surface area contributed by atoms with Gasteiger partial charge in [0.25, 0.3) is 0 Å². The zero-order valence-corrected chi connectivity index (χ0v) is 15.9. The Bertz CT molecular complexity index is 749. The van der Waals surface area contributed by atoms with Crippen LogP contribution in [0.3, 0.4) is 0 Å². The normalized spacial score (nSPS) is 16.1. The van der Waals surface area contributed by atoms with Crippen LogP contribution in [0.5, 0.6) is 11.6 Å². The van der Waals surface area contributed by atoms with Crippen molar-refractivity contribution in [2.45, 2.75) is 19.1 Å². The summed E-state index contributed by atoms with van der Waals surface area (Å²) >= 11 is 0. The Morgan fingerprint density at radius 2 is 2.00 bits per heavy atom. The maximum atomic E-state index is 12.4. The number of nitrogens with one attached hydrogen (secondary N) is 1. The third kappa shape index (κ3) is 4.99. The first-order chi connectivity index (χ1) is 13.0. The molecule has 0 spiro atoms. The number of likely N-dealkylation sites (tertiary alicyclic amines) is 1. The summed E-state index contributed by atoms with van der Waals surface area (Å²) in [5, 5.41) is 11.1. The van der Waals surface area contributed by atoms with Crippen molar-refractivity contribution in [3.63, 3.8) is 0 Å². The number of methoxy groups -OCH3 is 1. The fraction of sp³-hybridized carbons (Fsp3) is 0.421. The van der Waals surface area contributed by atoms with Crippen molar-refractivity contribution >= 4 is 11.8 Å². The molecule has 1 atom stereocenters. The minimum Gasteiger partial charge on any atom is -0.497 e. The van der Waals surface area contributed by atoms with Gasteiger partial charge in [0.05, 0.1) is 13.7 Å². The van der Waals surface area contributed by atoms with E-state index in [0.717, 1.165) is 23.6 Å². The third-order valence-corrected chi connectivity index (χ3v) is 4.41. The predicted octanol–water partition coefficient (Wildman–Crippen LogP) is 1.91. The van der Waals surface area contributed by atoms with Crippen LogP contribution in [0.2, 0.25) is 0 Å². The van der Waals surface area contributed by atoms with Gasteiger partial charge in [0.1, 0.15) is 11.9 Å². The molecule has 8 heteroatoms. The highest BCUT2D eigenvalue weighted by molar-refractivity contribution is 5.74. The van der Waals surface area contributed by atoms with Gasteiger partial charge in [-0.2, -0.15) is 0 Å². The van der Waals surface area contributed by atoms with Gasteiger partial charge in [-0.3, -0.25) is 0 Å². The number of anilines is 1. The van der Waals surface area contributed by atoms with E-state index < -0.39 is 0 Å². The van der Waals surface area contributed by atoms with Crippen LogP contribution in [0.15, 0.2) is 36.4 Å². The number of hydrogen-bond acceptors (Lipinski definition) is 6. The molecule has 2 amide bonds. The number of rotatable bonds is 6. The molecule has 144 valence electrons. The van der Waals surface area contributed by atoms with E-state index in [1.807, 2.05) is 49.3 Å². The maximum absolute atomic E-state index is 12.4. The molecule has 3 rings (SSSR count). The zero-order chi connectivity index (χ0) is 19.2. The van der Waals surface area contributed by atoms with Crippen LogP contribution in [-0.4, -0.2) is 61.5 Å². The van der Waals surface area contributed by atoms with Gasteiger partial charge in [-0.1, -0.05) is 12.1 Å². The van der Waals surface area contributed by atoms with Crippen molar-refractivity contribution < 1.29 is 14.3 Å². The first kappa shape index (κ1) is 18.8. The van der Waals surface area contributed by atoms with Crippen LogP contribution in [-0.2, 0) is 6.54 Å². The van der Waals surface area contributed by atoms with Crippen molar-refractivity contribution in [2.24, 2.45) is 0 Å². The van der Waals surface area contributed by atoms with E-state index >= 15 is 0 Å². The summed E-state index contributed by atoms with van der Waals surface area (Å²) in [6, 6.07) is 11.2. The summed E-state index contributed by atoms with van der Waals surface area (Å²) in [5.74, 6) is 2.05. The molecule has 1 aliphatic rings. The number of benzene rings is 1. The SMILES string of the molecule is COc1ccc(CNC(=O)N2CCC(Oc3ccc(N(C)C)nn3)C2)cc1. The number of ether oxygens (including phenoxy) is 2. The van der Waals surface area contributed by atoms with Crippen molar-refractivity contribution in [3.05, 3.63) is 42.0 Å². The Labute approximate surface area is 159 Å². The number of urea groups is 1. The lowest BCUT2D eigenvalue weighted by Gasteiger charge is -2.18. The molecule has 0 aliphatic carbocycles. The lowest BCUT2D eigenvalue weighted by molar-refractivity contribution is 0.182. The van der Waals surface area contributed by atoms with E-state index in [-0.39, 0.29) is 12.1 Å². The Morgan fingerprint density at radius 1 is 1.22 bits per heavy atom. The van der Waals surface area contributed by atoms with Gasteiger partial charge in [-0.05, 0) is 23.8 Å². The molecule has 2 aromatic rings. The van der Waals surface area contributed by atoms with Gasteiger partial charge in [-0.15, -0.1) is 10.2 Å². The van der Waals surface area contributed by atoms with Crippen molar-refractivity contribution in [2.75, 3.05) is 39.2 Å². The molecule has 1 aromatic carbocycles. The molecule has 0 radical (unpaired) electrons. The highest BCUT2D eigenvalue weighted by Crippen LogP contribution is 2.18. The van der Waals surface area contributed by atoms with Crippen LogP contribution in [0.1, 0.15) is 12.0 Å². The molecule has 2 heterocycles. The molecule has 1 unspecified atom stereocenters. The minimum absolute atomic E-state index is 0.0729. The maximum Gasteiger partial charge on any atom is 0.317 e. The summed E-state index contributed by atoms with van der Waals surface area (Å²) in [7, 11) is 5.44. The van der Waals surface area contributed by atoms with Crippen molar-refractivity contribution in [1.82, 2.24) is 20.4 Å². The fourth-order valence-corrected chi connectivity index (χ4v) is 2.83. The quantitative estimate of drug-likeness (QED) is 0.836. The summed E-state index contributed by atoms with van der Waals surface area (Å²) in [6.45, 7) is 1.66. The van der Waals surface area contributed by atoms with E-state index in [9.17, 15) is 4.79 Å². The van der Waals surface area contributed by atoms with Crippen LogP contribution < -0.4 is 19.7 Å².